The largest absolute Gasteiger partial charge is 0.417 e. The molecule has 0 saturated heterocycles. The molecule has 0 atom stereocenters. The minimum Gasteiger partial charge on any atom is -0.322 e. The molecule has 0 unspecified atom stereocenters. The fourth-order valence-electron chi connectivity index (χ4n) is 2.39. The number of fused-ring (bicyclic) bond motifs is 1. The highest BCUT2D eigenvalue weighted by Gasteiger charge is 2.34. The third-order valence-corrected chi connectivity index (χ3v) is 4.62. The molecule has 2 N–H and O–H groups in total. The smallest absolute Gasteiger partial charge is 0.322 e. The lowest BCUT2D eigenvalue weighted by atomic mass is 10.1. The number of carbonyl (C=O) groups excluding carboxylic acids is 2. The number of thiazole rings is 1. The van der Waals surface area contributed by atoms with Crippen LogP contribution in [0.4, 0.5) is 24.0 Å². The van der Waals surface area contributed by atoms with Crippen LogP contribution in [0.15, 0.2) is 42.5 Å². The van der Waals surface area contributed by atoms with E-state index in [9.17, 15) is 22.8 Å². The van der Waals surface area contributed by atoms with Gasteiger partial charge in [-0.15, -0.1) is 0 Å². The van der Waals surface area contributed by atoms with Crippen LogP contribution in [-0.4, -0.2) is 16.8 Å². The van der Waals surface area contributed by atoms with Crippen molar-refractivity contribution >= 4 is 44.2 Å². The van der Waals surface area contributed by atoms with Crippen LogP contribution in [-0.2, 0) is 11.0 Å². The monoisotopic (exact) mass is 393 g/mol. The predicted octanol–water partition coefficient (Wildman–Crippen LogP) is 4.92. The van der Waals surface area contributed by atoms with Crippen LogP contribution in [0, 0.1) is 0 Å². The van der Waals surface area contributed by atoms with Crippen molar-refractivity contribution in [3.05, 3.63) is 53.6 Å². The quantitative estimate of drug-likeness (QED) is 0.661. The minimum atomic E-state index is -4.62. The molecule has 0 bridgehead atoms. The summed E-state index contributed by atoms with van der Waals surface area (Å²) in [5, 5.41) is 5.54. The molecule has 3 aromatic rings. The first-order valence-electron chi connectivity index (χ1n) is 7.96. The number of hydrogen-bond donors (Lipinski definition) is 2. The van der Waals surface area contributed by atoms with Crippen LogP contribution in [0.25, 0.3) is 10.2 Å². The number of aromatic nitrogens is 1. The highest BCUT2D eigenvalue weighted by molar-refractivity contribution is 7.22. The molecule has 27 heavy (non-hydrogen) atoms. The molecule has 0 spiro atoms. The molecule has 0 saturated carbocycles. The SMILES string of the molecule is CCC(=O)Nc1nc2ccc(NC(=O)c3ccccc3C(F)(F)F)cc2s1. The molecule has 140 valence electrons. The van der Waals surface area contributed by atoms with Gasteiger partial charge in [0.25, 0.3) is 5.91 Å². The van der Waals surface area contributed by atoms with Crippen molar-refractivity contribution in [1.82, 2.24) is 4.98 Å². The van der Waals surface area contributed by atoms with Gasteiger partial charge in [0.05, 0.1) is 21.3 Å². The minimum absolute atomic E-state index is 0.175. The molecule has 3 rings (SSSR count). The van der Waals surface area contributed by atoms with Gasteiger partial charge in [-0.05, 0) is 30.3 Å². The highest BCUT2D eigenvalue weighted by Crippen LogP contribution is 2.33. The lowest BCUT2D eigenvalue weighted by Gasteiger charge is -2.12. The molecule has 0 radical (unpaired) electrons. The third-order valence-electron chi connectivity index (χ3n) is 3.69. The Balaban J connectivity index is 1.85. The number of benzene rings is 2. The Morgan fingerprint density at radius 3 is 2.56 bits per heavy atom. The maximum absolute atomic E-state index is 13.1. The van der Waals surface area contributed by atoms with Crippen molar-refractivity contribution in [3.63, 3.8) is 0 Å². The first-order chi connectivity index (χ1) is 12.8. The second kappa shape index (κ2) is 7.36. The number of rotatable bonds is 4. The predicted molar refractivity (Wildman–Crippen MR) is 97.9 cm³/mol. The number of anilines is 2. The molecular weight excluding hydrogens is 379 g/mol. The Morgan fingerprint density at radius 2 is 1.85 bits per heavy atom. The maximum atomic E-state index is 13.1. The lowest BCUT2D eigenvalue weighted by Crippen LogP contribution is -2.18. The molecule has 2 amide bonds. The molecule has 0 aliphatic carbocycles. The van der Waals surface area contributed by atoms with Gasteiger partial charge in [-0.2, -0.15) is 13.2 Å². The summed E-state index contributed by atoms with van der Waals surface area (Å²) in [6, 6.07) is 9.36. The van der Waals surface area contributed by atoms with E-state index in [-0.39, 0.29) is 5.91 Å². The van der Waals surface area contributed by atoms with Gasteiger partial charge in [0, 0.05) is 12.1 Å². The summed E-state index contributed by atoms with van der Waals surface area (Å²) in [6.07, 6.45) is -4.31. The average Bonchev–Trinajstić information content (AvgIpc) is 3.02. The number of nitrogens with one attached hydrogen (secondary N) is 2. The standard InChI is InChI=1S/C18H14F3N3O2S/c1-2-15(25)24-17-23-13-8-7-10(9-14(13)27-17)22-16(26)11-5-3-4-6-12(11)18(19,20)21/h3-9H,2H2,1H3,(H,22,26)(H,23,24,25). The molecule has 1 heterocycles. The maximum Gasteiger partial charge on any atom is 0.417 e. The summed E-state index contributed by atoms with van der Waals surface area (Å²) in [4.78, 5) is 28.0. The summed E-state index contributed by atoms with van der Waals surface area (Å²) in [7, 11) is 0. The Kier molecular flexibility index (Phi) is 5.13. The van der Waals surface area contributed by atoms with Crippen molar-refractivity contribution in [3.8, 4) is 0 Å². The normalized spacial score (nSPS) is 11.4. The van der Waals surface area contributed by atoms with Gasteiger partial charge < -0.3 is 10.6 Å². The number of halogens is 3. The van der Waals surface area contributed by atoms with E-state index in [1.54, 1.807) is 25.1 Å². The van der Waals surface area contributed by atoms with Crippen molar-refractivity contribution < 1.29 is 22.8 Å². The Labute approximate surface area is 156 Å². The van der Waals surface area contributed by atoms with Crippen LogP contribution in [0.3, 0.4) is 0 Å². The summed E-state index contributed by atoms with van der Waals surface area (Å²) in [5.74, 6) is -1.03. The zero-order valence-electron chi connectivity index (χ0n) is 14.1. The first kappa shape index (κ1) is 18.8. The lowest BCUT2D eigenvalue weighted by molar-refractivity contribution is -0.137. The molecule has 5 nitrogen and oxygen atoms in total. The van der Waals surface area contributed by atoms with Gasteiger partial charge >= 0.3 is 6.18 Å². The molecule has 0 aliphatic heterocycles. The summed E-state index contributed by atoms with van der Waals surface area (Å²) < 4.78 is 39.9. The number of nitrogens with zero attached hydrogens (tertiary/aromatic N) is 1. The van der Waals surface area contributed by atoms with Gasteiger partial charge in [0.2, 0.25) is 5.91 Å². The zero-order chi connectivity index (χ0) is 19.6. The number of hydrogen-bond acceptors (Lipinski definition) is 4. The molecule has 9 heteroatoms. The Bertz CT molecular complexity index is 1010. The zero-order valence-corrected chi connectivity index (χ0v) is 14.9. The first-order valence-corrected chi connectivity index (χ1v) is 8.77. The molecule has 2 aromatic carbocycles. The van der Waals surface area contributed by atoms with E-state index >= 15 is 0 Å². The molecular formula is C18H14F3N3O2S. The van der Waals surface area contributed by atoms with E-state index in [0.29, 0.717) is 27.5 Å². The van der Waals surface area contributed by atoms with Crippen LogP contribution < -0.4 is 10.6 Å². The topological polar surface area (TPSA) is 71.1 Å². The molecule has 0 fully saturated rings. The van der Waals surface area contributed by atoms with Crippen molar-refractivity contribution in [2.24, 2.45) is 0 Å². The fraction of sp³-hybridized carbons (Fsp3) is 0.167. The van der Waals surface area contributed by atoms with Crippen LogP contribution >= 0.6 is 11.3 Å². The van der Waals surface area contributed by atoms with E-state index in [1.807, 2.05) is 0 Å². The van der Waals surface area contributed by atoms with Crippen molar-refractivity contribution in [1.29, 1.82) is 0 Å². The summed E-state index contributed by atoms with van der Waals surface area (Å²) in [5.41, 5.74) is -0.502. The van der Waals surface area contributed by atoms with Gasteiger partial charge in [0.15, 0.2) is 5.13 Å². The second-order valence-corrected chi connectivity index (χ2v) is 6.63. The van der Waals surface area contributed by atoms with Crippen molar-refractivity contribution in [2.75, 3.05) is 10.6 Å². The van der Waals surface area contributed by atoms with E-state index < -0.39 is 23.2 Å². The number of alkyl halides is 3. The van der Waals surface area contributed by atoms with Crippen LogP contribution in [0.2, 0.25) is 0 Å². The van der Waals surface area contributed by atoms with Gasteiger partial charge in [-0.25, -0.2) is 4.98 Å². The highest BCUT2D eigenvalue weighted by atomic mass is 32.1. The Morgan fingerprint density at radius 1 is 1.11 bits per heavy atom. The van der Waals surface area contributed by atoms with E-state index in [0.717, 1.165) is 12.1 Å². The molecule has 1 aromatic heterocycles. The van der Waals surface area contributed by atoms with Crippen molar-refractivity contribution in [2.45, 2.75) is 19.5 Å². The number of amides is 2. The van der Waals surface area contributed by atoms with E-state index in [1.165, 1.54) is 23.5 Å². The van der Waals surface area contributed by atoms with E-state index in [4.69, 9.17) is 0 Å². The van der Waals surface area contributed by atoms with Crippen LogP contribution in [0.1, 0.15) is 29.3 Å². The Hall–Kier alpha value is -2.94. The third kappa shape index (κ3) is 4.25. The van der Waals surface area contributed by atoms with Crippen LogP contribution in [0.5, 0.6) is 0 Å². The number of carbonyl (C=O) groups is 2. The van der Waals surface area contributed by atoms with Gasteiger partial charge in [0.1, 0.15) is 0 Å². The average molecular weight is 393 g/mol. The van der Waals surface area contributed by atoms with Gasteiger partial charge in [-0.1, -0.05) is 30.4 Å². The molecule has 0 aliphatic rings. The van der Waals surface area contributed by atoms with E-state index in [2.05, 4.69) is 15.6 Å². The summed E-state index contributed by atoms with van der Waals surface area (Å²) >= 11 is 1.21. The second-order valence-electron chi connectivity index (χ2n) is 5.60. The van der Waals surface area contributed by atoms with Gasteiger partial charge in [-0.3, -0.25) is 9.59 Å². The summed E-state index contributed by atoms with van der Waals surface area (Å²) in [6.45, 7) is 1.72. The fourth-order valence-corrected chi connectivity index (χ4v) is 3.31.